The van der Waals surface area contributed by atoms with Crippen molar-refractivity contribution in [1.82, 2.24) is 10.2 Å². The summed E-state index contributed by atoms with van der Waals surface area (Å²) in [7, 11) is 0. The Labute approximate surface area is 161 Å². The topological polar surface area (TPSA) is 49.4 Å². The lowest BCUT2D eigenvalue weighted by molar-refractivity contribution is 0.0697. The second-order valence-electron chi connectivity index (χ2n) is 7.40. The lowest BCUT2D eigenvalue weighted by Gasteiger charge is -2.30. The van der Waals surface area contributed by atoms with E-state index in [0.717, 1.165) is 38.8 Å². The van der Waals surface area contributed by atoms with Gasteiger partial charge in [-0.25, -0.2) is 0 Å². The summed E-state index contributed by atoms with van der Waals surface area (Å²) >= 11 is 0. The van der Waals surface area contributed by atoms with Crippen molar-refractivity contribution in [3.8, 4) is 0 Å². The van der Waals surface area contributed by atoms with Gasteiger partial charge in [-0.2, -0.15) is 0 Å². The molecular weight excluding hydrogens is 336 g/mol. The summed E-state index contributed by atoms with van der Waals surface area (Å²) in [6, 6.07) is 17.3. The van der Waals surface area contributed by atoms with Gasteiger partial charge in [0.1, 0.15) is 0 Å². The summed E-state index contributed by atoms with van der Waals surface area (Å²) in [5, 5.41) is 2.96. The van der Waals surface area contributed by atoms with Gasteiger partial charge < -0.3 is 10.2 Å². The molecule has 2 amide bonds. The molecule has 1 aliphatic heterocycles. The Balaban J connectivity index is 1.51. The number of rotatable bonds is 6. The zero-order valence-electron chi connectivity index (χ0n) is 16.0. The fraction of sp³-hybridized carbons (Fsp3) is 0.391. The Morgan fingerprint density at radius 1 is 1.00 bits per heavy atom. The van der Waals surface area contributed by atoms with Gasteiger partial charge in [0.25, 0.3) is 11.8 Å². The third-order valence-electron chi connectivity index (χ3n) is 5.21. The molecule has 0 bridgehead atoms. The van der Waals surface area contributed by atoms with Crippen LogP contribution in [0.2, 0.25) is 0 Å². The number of benzene rings is 2. The first-order valence-corrected chi connectivity index (χ1v) is 9.85. The van der Waals surface area contributed by atoms with E-state index in [0.29, 0.717) is 23.6 Å². The predicted molar refractivity (Wildman–Crippen MR) is 108 cm³/mol. The number of carbonyl (C=O) groups excluding carboxylic acids is 2. The molecule has 1 heterocycles. The van der Waals surface area contributed by atoms with Gasteiger partial charge in [-0.3, -0.25) is 9.59 Å². The van der Waals surface area contributed by atoms with Crippen LogP contribution in [0.3, 0.4) is 0 Å². The van der Waals surface area contributed by atoms with Gasteiger partial charge in [-0.15, -0.1) is 0 Å². The highest BCUT2D eigenvalue weighted by Crippen LogP contribution is 2.18. The maximum atomic E-state index is 12.7. The summed E-state index contributed by atoms with van der Waals surface area (Å²) in [4.78, 5) is 27.0. The van der Waals surface area contributed by atoms with Crippen LogP contribution >= 0.6 is 0 Å². The van der Waals surface area contributed by atoms with Crippen molar-refractivity contribution in [2.24, 2.45) is 5.92 Å². The van der Waals surface area contributed by atoms with E-state index in [1.165, 1.54) is 5.56 Å². The second kappa shape index (κ2) is 9.36. The van der Waals surface area contributed by atoms with E-state index in [1.807, 2.05) is 23.1 Å². The Kier molecular flexibility index (Phi) is 6.64. The number of likely N-dealkylation sites (tertiary alicyclic amines) is 1. The van der Waals surface area contributed by atoms with Crippen molar-refractivity contribution < 1.29 is 9.59 Å². The fourth-order valence-electron chi connectivity index (χ4n) is 3.43. The smallest absolute Gasteiger partial charge is 0.253 e. The summed E-state index contributed by atoms with van der Waals surface area (Å²) in [5.41, 5.74) is 2.42. The molecule has 1 saturated heterocycles. The van der Waals surface area contributed by atoms with Gasteiger partial charge in [0.15, 0.2) is 0 Å². The van der Waals surface area contributed by atoms with Gasteiger partial charge in [0.05, 0.1) is 0 Å². The fourth-order valence-corrected chi connectivity index (χ4v) is 3.43. The largest absolute Gasteiger partial charge is 0.352 e. The van der Waals surface area contributed by atoms with Crippen molar-refractivity contribution in [2.45, 2.75) is 32.6 Å². The number of piperidine rings is 1. The van der Waals surface area contributed by atoms with Gasteiger partial charge >= 0.3 is 0 Å². The maximum absolute atomic E-state index is 12.7. The standard InChI is InChI=1S/C23H28N2O2/c1-18-12-15-25(16-13-18)23(27)21-11-5-10-20(17-21)22(26)24-14-6-9-19-7-3-2-4-8-19/h2-5,7-8,10-11,17-18H,6,9,12-16H2,1H3,(H,24,26). The molecule has 2 aromatic carbocycles. The van der Waals surface area contributed by atoms with Crippen molar-refractivity contribution in [3.05, 3.63) is 71.3 Å². The van der Waals surface area contributed by atoms with Crippen LogP contribution in [-0.2, 0) is 6.42 Å². The number of hydrogen-bond acceptors (Lipinski definition) is 2. The molecule has 0 atom stereocenters. The van der Waals surface area contributed by atoms with E-state index in [4.69, 9.17) is 0 Å². The van der Waals surface area contributed by atoms with Gasteiger partial charge in [0.2, 0.25) is 0 Å². The quantitative estimate of drug-likeness (QED) is 0.790. The van der Waals surface area contributed by atoms with Crippen LogP contribution in [0.1, 0.15) is 52.5 Å². The van der Waals surface area contributed by atoms with E-state index in [-0.39, 0.29) is 11.8 Å². The molecule has 1 N–H and O–H groups in total. The highest BCUT2D eigenvalue weighted by atomic mass is 16.2. The number of nitrogens with one attached hydrogen (secondary N) is 1. The van der Waals surface area contributed by atoms with Crippen LogP contribution in [0.15, 0.2) is 54.6 Å². The molecule has 0 spiro atoms. The first kappa shape index (κ1) is 19.2. The van der Waals surface area contributed by atoms with Crippen LogP contribution in [0.5, 0.6) is 0 Å². The Bertz CT molecular complexity index is 765. The second-order valence-corrected chi connectivity index (χ2v) is 7.40. The normalized spacial score (nSPS) is 14.8. The van der Waals surface area contributed by atoms with E-state index >= 15 is 0 Å². The van der Waals surface area contributed by atoms with E-state index in [2.05, 4.69) is 24.4 Å². The number of hydrogen-bond donors (Lipinski definition) is 1. The minimum Gasteiger partial charge on any atom is -0.352 e. The molecule has 3 rings (SSSR count). The van der Waals surface area contributed by atoms with Crippen LogP contribution in [0.25, 0.3) is 0 Å². The van der Waals surface area contributed by atoms with Crippen LogP contribution < -0.4 is 5.32 Å². The zero-order valence-corrected chi connectivity index (χ0v) is 16.0. The average molecular weight is 364 g/mol. The molecule has 27 heavy (non-hydrogen) atoms. The molecule has 1 fully saturated rings. The van der Waals surface area contributed by atoms with Gasteiger partial charge in [-0.1, -0.05) is 43.3 Å². The van der Waals surface area contributed by atoms with Gasteiger partial charge in [0, 0.05) is 30.8 Å². The highest BCUT2D eigenvalue weighted by Gasteiger charge is 2.21. The summed E-state index contributed by atoms with van der Waals surface area (Å²) < 4.78 is 0. The molecule has 0 radical (unpaired) electrons. The Morgan fingerprint density at radius 3 is 2.44 bits per heavy atom. The number of aryl methyl sites for hydroxylation is 1. The molecule has 2 aromatic rings. The first-order valence-electron chi connectivity index (χ1n) is 9.85. The lowest BCUT2D eigenvalue weighted by Crippen LogP contribution is -2.38. The molecule has 0 saturated carbocycles. The van der Waals surface area contributed by atoms with Crippen molar-refractivity contribution in [1.29, 1.82) is 0 Å². The summed E-state index contributed by atoms with van der Waals surface area (Å²) in [6.07, 6.45) is 3.92. The van der Waals surface area contributed by atoms with Crippen LogP contribution in [-0.4, -0.2) is 36.3 Å². The molecule has 0 unspecified atom stereocenters. The predicted octanol–water partition coefficient (Wildman–Crippen LogP) is 3.92. The number of carbonyl (C=O) groups is 2. The molecule has 142 valence electrons. The van der Waals surface area contributed by atoms with Gasteiger partial charge in [-0.05, 0) is 55.4 Å². The SMILES string of the molecule is CC1CCN(C(=O)c2cccc(C(=O)NCCCc3ccccc3)c2)CC1. The third-order valence-corrected chi connectivity index (χ3v) is 5.21. The van der Waals surface area contributed by atoms with Crippen molar-refractivity contribution in [3.63, 3.8) is 0 Å². The average Bonchev–Trinajstić information content (AvgIpc) is 2.72. The molecule has 4 heteroatoms. The minimum absolute atomic E-state index is 0.0284. The van der Waals surface area contributed by atoms with E-state index < -0.39 is 0 Å². The first-order chi connectivity index (χ1) is 13.1. The molecule has 1 aliphatic rings. The van der Waals surface area contributed by atoms with E-state index in [9.17, 15) is 9.59 Å². The molecule has 0 aromatic heterocycles. The number of nitrogens with zero attached hydrogens (tertiary/aromatic N) is 1. The third kappa shape index (κ3) is 5.43. The summed E-state index contributed by atoms with van der Waals surface area (Å²) in [5.74, 6) is 0.590. The van der Waals surface area contributed by atoms with Crippen LogP contribution in [0, 0.1) is 5.92 Å². The maximum Gasteiger partial charge on any atom is 0.253 e. The highest BCUT2D eigenvalue weighted by molar-refractivity contribution is 5.99. The lowest BCUT2D eigenvalue weighted by atomic mass is 9.98. The number of amides is 2. The monoisotopic (exact) mass is 364 g/mol. The van der Waals surface area contributed by atoms with Crippen molar-refractivity contribution >= 4 is 11.8 Å². The van der Waals surface area contributed by atoms with E-state index in [1.54, 1.807) is 24.3 Å². The Morgan fingerprint density at radius 2 is 1.70 bits per heavy atom. The molecule has 0 aliphatic carbocycles. The molecular formula is C23H28N2O2. The molecule has 4 nitrogen and oxygen atoms in total. The summed E-state index contributed by atoms with van der Waals surface area (Å²) in [6.45, 7) is 4.45. The zero-order chi connectivity index (χ0) is 19.1. The van der Waals surface area contributed by atoms with Crippen molar-refractivity contribution in [2.75, 3.05) is 19.6 Å². The Hall–Kier alpha value is -2.62. The van der Waals surface area contributed by atoms with Crippen LogP contribution in [0.4, 0.5) is 0 Å². The minimum atomic E-state index is -0.120.